The fourth-order valence-corrected chi connectivity index (χ4v) is 5.92. The van der Waals surface area contributed by atoms with Gasteiger partial charge >= 0.3 is 5.97 Å². The minimum atomic E-state index is -3.84. The number of ketones is 1. The maximum Gasteiger partial charge on any atom is 0.310 e. The van der Waals surface area contributed by atoms with Crippen molar-refractivity contribution < 1.29 is 27.1 Å². The van der Waals surface area contributed by atoms with Crippen molar-refractivity contribution in [2.45, 2.75) is 50.5 Å². The molecule has 4 rings (SSSR count). The summed E-state index contributed by atoms with van der Waals surface area (Å²) >= 11 is 0. The molecule has 1 saturated carbocycles. The van der Waals surface area contributed by atoms with E-state index in [4.69, 9.17) is 4.74 Å². The fraction of sp³-hybridized carbons (Fsp3) is 0.478. The van der Waals surface area contributed by atoms with Crippen LogP contribution in [0.3, 0.4) is 0 Å². The van der Waals surface area contributed by atoms with Crippen molar-refractivity contribution in [1.29, 1.82) is 0 Å². The standard InChI is InChI=1S/C23H27FN2O5S/c1-15-12-21(16(2)26(15)19-7-8-19)22(27)14-31-23(28)17-4-3-11-25(13-17)32(29,30)20-9-5-18(24)6-10-20/h5-6,9-10,12,17,19H,3-4,7-8,11,13-14H2,1-2H3. The highest BCUT2D eigenvalue weighted by Crippen LogP contribution is 2.38. The first-order chi connectivity index (χ1) is 15.2. The first-order valence-corrected chi connectivity index (χ1v) is 12.3. The second kappa shape index (κ2) is 8.78. The van der Waals surface area contributed by atoms with Crippen LogP contribution in [-0.2, 0) is 19.6 Å². The molecule has 1 unspecified atom stereocenters. The molecule has 2 aromatic rings. The molecule has 172 valence electrons. The lowest BCUT2D eigenvalue weighted by molar-refractivity contribution is -0.148. The summed E-state index contributed by atoms with van der Waals surface area (Å²) in [7, 11) is -3.84. The fourth-order valence-electron chi connectivity index (χ4n) is 4.40. The average Bonchev–Trinajstić information content (AvgIpc) is 3.56. The van der Waals surface area contributed by atoms with Gasteiger partial charge in [-0.05, 0) is 69.9 Å². The minimum absolute atomic E-state index is 0.0193. The normalized spacial score (nSPS) is 19.7. The zero-order chi connectivity index (χ0) is 23.0. The number of rotatable bonds is 7. The summed E-state index contributed by atoms with van der Waals surface area (Å²) in [5.74, 6) is -2.00. The van der Waals surface area contributed by atoms with Crippen LogP contribution in [0, 0.1) is 25.6 Å². The summed E-state index contributed by atoms with van der Waals surface area (Å²) in [5, 5.41) is 0. The third kappa shape index (κ3) is 4.49. The Hall–Kier alpha value is -2.52. The number of Topliss-reactive ketones (excluding diaryl/α,β-unsaturated/α-hetero) is 1. The maximum absolute atomic E-state index is 13.1. The second-order valence-electron chi connectivity index (χ2n) is 8.57. The van der Waals surface area contributed by atoms with Crippen molar-refractivity contribution in [3.8, 4) is 0 Å². The lowest BCUT2D eigenvalue weighted by atomic mass is 10.00. The quantitative estimate of drug-likeness (QED) is 0.465. The number of benzene rings is 1. The highest BCUT2D eigenvalue weighted by atomic mass is 32.2. The summed E-state index contributed by atoms with van der Waals surface area (Å²) in [6.07, 6.45) is 3.20. The van der Waals surface area contributed by atoms with Crippen molar-refractivity contribution >= 4 is 21.8 Å². The Balaban J connectivity index is 1.38. The number of esters is 1. The summed E-state index contributed by atoms with van der Waals surface area (Å²) < 4.78 is 47.5. The molecule has 0 bridgehead atoms. The van der Waals surface area contributed by atoms with Gasteiger partial charge in [-0.25, -0.2) is 12.8 Å². The van der Waals surface area contributed by atoms with E-state index in [1.165, 1.54) is 16.4 Å². The van der Waals surface area contributed by atoms with Crippen molar-refractivity contribution in [2.75, 3.05) is 19.7 Å². The number of piperidine rings is 1. The second-order valence-corrected chi connectivity index (χ2v) is 10.5. The first kappa shape index (κ1) is 22.7. The van der Waals surface area contributed by atoms with Crippen molar-refractivity contribution in [2.24, 2.45) is 5.92 Å². The van der Waals surface area contributed by atoms with Crippen LogP contribution in [0.5, 0.6) is 0 Å². The van der Waals surface area contributed by atoms with Crippen LogP contribution in [0.1, 0.15) is 53.5 Å². The van der Waals surface area contributed by atoms with Crippen LogP contribution in [-0.4, -0.2) is 48.7 Å². The number of aryl methyl sites for hydroxylation is 1. The summed E-state index contributed by atoms with van der Waals surface area (Å²) in [4.78, 5) is 25.3. The van der Waals surface area contributed by atoms with Gasteiger partial charge in [0.25, 0.3) is 0 Å². The van der Waals surface area contributed by atoms with E-state index in [1.54, 1.807) is 0 Å². The first-order valence-electron chi connectivity index (χ1n) is 10.8. The number of aromatic nitrogens is 1. The molecule has 1 aliphatic carbocycles. The highest BCUT2D eigenvalue weighted by molar-refractivity contribution is 7.89. The molecular weight excluding hydrogens is 435 g/mol. The molecule has 1 aromatic carbocycles. The lowest BCUT2D eigenvalue weighted by Gasteiger charge is -2.30. The van der Waals surface area contributed by atoms with Gasteiger partial charge in [0, 0.05) is 36.1 Å². The average molecular weight is 463 g/mol. The van der Waals surface area contributed by atoms with Crippen molar-refractivity contribution in [1.82, 2.24) is 8.87 Å². The molecule has 1 atom stereocenters. The van der Waals surface area contributed by atoms with Gasteiger partial charge in [-0.15, -0.1) is 0 Å². The van der Waals surface area contributed by atoms with Gasteiger partial charge in [-0.3, -0.25) is 9.59 Å². The van der Waals surface area contributed by atoms with Crippen LogP contribution in [0.15, 0.2) is 35.2 Å². The number of hydrogen-bond acceptors (Lipinski definition) is 5. The molecule has 2 fully saturated rings. The van der Waals surface area contributed by atoms with E-state index >= 15 is 0 Å². The summed E-state index contributed by atoms with van der Waals surface area (Å²) in [5.41, 5.74) is 2.47. The minimum Gasteiger partial charge on any atom is -0.457 e. The predicted octanol–water partition coefficient (Wildman–Crippen LogP) is 3.41. The number of hydrogen-bond donors (Lipinski definition) is 0. The van der Waals surface area contributed by atoms with Gasteiger partial charge in [0.1, 0.15) is 5.82 Å². The molecule has 0 spiro atoms. The smallest absolute Gasteiger partial charge is 0.310 e. The number of halogens is 1. The lowest BCUT2D eigenvalue weighted by Crippen LogP contribution is -2.43. The zero-order valence-electron chi connectivity index (χ0n) is 18.2. The number of sulfonamides is 1. The SMILES string of the molecule is Cc1cc(C(=O)COC(=O)C2CCCN(S(=O)(=O)c3ccc(F)cc3)C2)c(C)n1C1CC1. The molecule has 0 N–H and O–H groups in total. The Morgan fingerprint density at radius 3 is 2.47 bits per heavy atom. The van der Waals surface area contributed by atoms with Crippen LogP contribution in [0.25, 0.3) is 0 Å². The molecule has 32 heavy (non-hydrogen) atoms. The highest BCUT2D eigenvalue weighted by Gasteiger charge is 2.34. The van der Waals surface area contributed by atoms with Gasteiger partial charge in [-0.2, -0.15) is 4.31 Å². The molecule has 0 radical (unpaired) electrons. The third-order valence-corrected chi connectivity index (χ3v) is 8.09. The monoisotopic (exact) mass is 462 g/mol. The third-order valence-electron chi connectivity index (χ3n) is 6.21. The zero-order valence-corrected chi connectivity index (χ0v) is 19.0. The van der Waals surface area contributed by atoms with Gasteiger partial charge in [0.2, 0.25) is 15.8 Å². The van der Waals surface area contributed by atoms with E-state index < -0.39 is 27.7 Å². The Morgan fingerprint density at radius 1 is 1.12 bits per heavy atom. The molecule has 1 aliphatic heterocycles. The van der Waals surface area contributed by atoms with E-state index in [1.807, 2.05) is 19.9 Å². The maximum atomic E-state index is 13.1. The van der Waals surface area contributed by atoms with Gasteiger partial charge in [-0.1, -0.05) is 0 Å². The summed E-state index contributed by atoms with van der Waals surface area (Å²) in [6.45, 7) is 3.75. The van der Waals surface area contributed by atoms with Crippen LogP contribution >= 0.6 is 0 Å². The van der Waals surface area contributed by atoms with Crippen molar-refractivity contribution in [3.05, 3.63) is 53.1 Å². The van der Waals surface area contributed by atoms with Gasteiger partial charge in [0.15, 0.2) is 6.61 Å². The Labute approximate surface area is 187 Å². The number of nitrogens with zero attached hydrogens (tertiary/aromatic N) is 2. The molecule has 9 heteroatoms. The molecule has 1 saturated heterocycles. The van der Waals surface area contributed by atoms with E-state index in [9.17, 15) is 22.4 Å². The van der Waals surface area contributed by atoms with E-state index in [0.29, 0.717) is 24.4 Å². The van der Waals surface area contributed by atoms with E-state index in [2.05, 4.69) is 4.57 Å². The molecule has 2 heterocycles. The molecule has 1 aromatic heterocycles. The van der Waals surface area contributed by atoms with Crippen molar-refractivity contribution in [3.63, 3.8) is 0 Å². The van der Waals surface area contributed by atoms with Crippen LogP contribution in [0.4, 0.5) is 4.39 Å². The van der Waals surface area contributed by atoms with E-state index in [0.717, 1.165) is 36.4 Å². The number of ether oxygens (including phenoxy) is 1. The molecule has 0 amide bonds. The Bertz CT molecular complexity index is 1140. The summed E-state index contributed by atoms with van der Waals surface area (Å²) in [6, 6.07) is 6.90. The molecular formula is C23H27FN2O5S. The molecule has 7 nitrogen and oxygen atoms in total. The topological polar surface area (TPSA) is 85.7 Å². The number of carbonyl (C=O) groups is 2. The van der Waals surface area contributed by atoms with Gasteiger partial charge in [0.05, 0.1) is 10.8 Å². The van der Waals surface area contributed by atoms with Crippen LogP contribution in [0.2, 0.25) is 0 Å². The largest absolute Gasteiger partial charge is 0.457 e. The predicted molar refractivity (Wildman–Crippen MR) is 115 cm³/mol. The van der Waals surface area contributed by atoms with Gasteiger partial charge < -0.3 is 9.30 Å². The Kier molecular flexibility index (Phi) is 6.22. The molecule has 2 aliphatic rings. The van der Waals surface area contributed by atoms with E-state index in [-0.39, 0.29) is 30.4 Å². The number of carbonyl (C=O) groups excluding carboxylic acids is 2. The van der Waals surface area contributed by atoms with Crippen LogP contribution < -0.4 is 0 Å². The Morgan fingerprint density at radius 2 is 1.81 bits per heavy atom.